The largest absolute Gasteiger partial charge is 0.306 e. The highest BCUT2D eigenvalue weighted by atomic mass is 15.1. The summed E-state index contributed by atoms with van der Waals surface area (Å²) >= 11 is 0. The molecule has 2 heterocycles. The summed E-state index contributed by atoms with van der Waals surface area (Å²) in [7, 11) is 0. The van der Waals surface area contributed by atoms with Crippen LogP contribution in [0, 0.1) is 6.92 Å². The second kappa shape index (κ2) is 4.86. The van der Waals surface area contributed by atoms with E-state index < -0.39 is 0 Å². The molecule has 0 aliphatic heterocycles. The molecule has 1 N–H and O–H groups in total. The molecule has 0 saturated carbocycles. The molecule has 96 valence electrons. The van der Waals surface area contributed by atoms with Crippen molar-refractivity contribution < 1.29 is 0 Å². The number of hydrogen-bond donors (Lipinski definition) is 1. The highest BCUT2D eigenvalue weighted by Gasteiger charge is 2.09. The van der Waals surface area contributed by atoms with Crippen LogP contribution in [0.1, 0.15) is 32.3 Å². The Labute approximate surface area is 107 Å². The van der Waals surface area contributed by atoms with Crippen LogP contribution in [0.15, 0.2) is 24.8 Å². The van der Waals surface area contributed by atoms with Gasteiger partial charge in [0.15, 0.2) is 5.82 Å². The first-order chi connectivity index (χ1) is 8.46. The minimum absolute atomic E-state index is 0.0846. The predicted octanol–water partition coefficient (Wildman–Crippen LogP) is 1.86. The van der Waals surface area contributed by atoms with Crippen LogP contribution in [-0.2, 0) is 6.54 Å². The molecule has 0 saturated heterocycles. The lowest BCUT2D eigenvalue weighted by atomic mass is 10.1. The number of aryl methyl sites for hydroxylation is 1. The molecule has 0 atom stereocenters. The Kier molecular flexibility index (Phi) is 3.43. The summed E-state index contributed by atoms with van der Waals surface area (Å²) in [4.78, 5) is 13.0. The molecule has 0 unspecified atom stereocenters. The molecular weight excluding hydrogens is 226 g/mol. The van der Waals surface area contributed by atoms with Gasteiger partial charge in [-0.25, -0.2) is 9.97 Å². The van der Waals surface area contributed by atoms with E-state index in [1.54, 1.807) is 18.6 Å². The summed E-state index contributed by atoms with van der Waals surface area (Å²) in [6.45, 7) is 9.05. The maximum atomic E-state index is 4.41. The first-order valence-corrected chi connectivity index (χ1v) is 6.02. The van der Waals surface area contributed by atoms with Crippen LogP contribution in [-0.4, -0.2) is 25.1 Å². The van der Waals surface area contributed by atoms with Crippen molar-refractivity contribution in [3.8, 4) is 5.82 Å². The first kappa shape index (κ1) is 12.7. The summed E-state index contributed by atoms with van der Waals surface area (Å²) in [5, 5.41) is 3.38. The Morgan fingerprint density at radius 1 is 1.17 bits per heavy atom. The van der Waals surface area contributed by atoms with E-state index in [2.05, 4.69) is 41.0 Å². The van der Waals surface area contributed by atoms with Crippen LogP contribution in [0.4, 0.5) is 0 Å². The van der Waals surface area contributed by atoms with Crippen molar-refractivity contribution in [3.63, 3.8) is 0 Å². The molecule has 18 heavy (non-hydrogen) atoms. The van der Waals surface area contributed by atoms with Gasteiger partial charge >= 0.3 is 0 Å². The summed E-state index contributed by atoms with van der Waals surface area (Å²) in [6, 6.07) is 0. The van der Waals surface area contributed by atoms with Crippen LogP contribution in [0.25, 0.3) is 5.82 Å². The monoisotopic (exact) mass is 245 g/mol. The fourth-order valence-electron chi connectivity index (χ4n) is 1.54. The fourth-order valence-corrected chi connectivity index (χ4v) is 1.54. The van der Waals surface area contributed by atoms with Gasteiger partial charge in [0.1, 0.15) is 5.82 Å². The molecule has 0 aliphatic carbocycles. The molecule has 0 fully saturated rings. The van der Waals surface area contributed by atoms with Crippen molar-refractivity contribution in [3.05, 3.63) is 36.3 Å². The van der Waals surface area contributed by atoms with E-state index in [1.807, 2.05) is 17.7 Å². The van der Waals surface area contributed by atoms with E-state index in [0.29, 0.717) is 0 Å². The van der Waals surface area contributed by atoms with Gasteiger partial charge in [0, 0.05) is 24.5 Å². The van der Waals surface area contributed by atoms with Crippen molar-refractivity contribution >= 4 is 0 Å². The molecule has 2 aromatic heterocycles. The number of nitrogens with one attached hydrogen (secondary N) is 1. The molecule has 0 amide bonds. The third kappa shape index (κ3) is 3.13. The zero-order valence-electron chi connectivity index (χ0n) is 11.3. The number of imidazole rings is 1. The van der Waals surface area contributed by atoms with Gasteiger partial charge in [-0.2, -0.15) is 0 Å². The van der Waals surface area contributed by atoms with Crippen LogP contribution in [0.2, 0.25) is 0 Å². The SMILES string of the molecule is Cc1nccn1-c1cnc(CNC(C)(C)C)cn1. The molecule has 5 heteroatoms. The zero-order chi connectivity index (χ0) is 13.2. The molecule has 2 rings (SSSR count). The Balaban J connectivity index is 2.09. The van der Waals surface area contributed by atoms with E-state index in [4.69, 9.17) is 0 Å². The standard InChI is InChI=1S/C13H19N5/c1-10-14-5-6-18(10)12-9-15-11(7-16-12)8-17-13(2,3)4/h5-7,9,17H,8H2,1-4H3. The third-order valence-electron chi connectivity index (χ3n) is 2.56. The van der Waals surface area contributed by atoms with Gasteiger partial charge in [-0.15, -0.1) is 0 Å². The van der Waals surface area contributed by atoms with Crippen LogP contribution in [0.5, 0.6) is 0 Å². The summed E-state index contributed by atoms with van der Waals surface area (Å²) < 4.78 is 1.91. The lowest BCUT2D eigenvalue weighted by molar-refractivity contribution is 0.421. The molecule has 0 bridgehead atoms. The van der Waals surface area contributed by atoms with E-state index in [9.17, 15) is 0 Å². The Bertz CT molecular complexity index is 507. The van der Waals surface area contributed by atoms with Crippen molar-refractivity contribution in [1.29, 1.82) is 0 Å². The van der Waals surface area contributed by atoms with Crippen LogP contribution in [0.3, 0.4) is 0 Å². The fraction of sp³-hybridized carbons (Fsp3) is 0.462. The number of nitrogens with zero attached hydrogens (tertiary/aromatic N) is 4. The van der Waals surface area contributed by atoms with Crippen molar-refractivity contribution in [2.45, 2.75) is 39.8 Å². The molecule has 0 aliphatic rings. The maximum Gasteiger partial charge on any atom is 0.156 e. The normalized spacial score (nSPS) is 11.8. The van der Waals surface area contributed by atoms with Gasteiger partial charge < -0.3 is 5.32 Å². The lowest BCUT2D eigenvalue weighted by Crippen LogP contribution is -2.35. The minimum atomic E-state index is 0.0846. The molecule has 0 spiro atoms. The highest BCUT2D eigenvalue weighted by molar-refractivity contribution is 5.21. The number of hydrogen-bond acceptors (Lipinski definition) is 4. The Morgan fingerprint density at radius 2 is 1.94 bits per heavy atom. The Morgan fingerprint density at radius 3 is 2.44 bits per heavy atom. The molecule has 0 aromatic carbocycles. The molecule has 0 radical (unpaired) electrons. The molecular formula is C13H19N5. The number of aromatic nitrogens is 4. The summed E-state index contributed by atoms with van der Waals surface area (Å²) in [5.74, 6) is 1.70. The van der Waals surface area contributed by atoms with Gasteiger partial charge in [0.05, 0.1) is 18.1 Å². The van der Waals surface area contributed by atoms with Crippen molar-refractivity contribution in [2.24, 2.45) is 0 Å². The first-order valence-electron chi connectivity index (χ1n) is 6.02. The number of rotatable bonds is 3. The van der Waals surface area contributed by atoms with E-state index >= 15 is 0 Å². The van der Waals surface area contributed by atoms with E-state index in [0.717, 1.165) is 23.9 Å². The quantitative estimate of drug-likeness (QED) is 0.896. The second-order valence-electron chi connectivity index (χ2n) is 5.31. The lowest BCUT2D eigenvalue weighted by Gasteiger charge is -2.20. The third-order valence-corrected chi connectivity index (χ3v) is 2.56. The van der Waals surface area contributed by atoms with Crippen molar-refractivity contribution in [1.82, 2.24) is 24.8 Å². The van der Waals surface area contributed by atoms with Gasteiger partial charge in [0.2, 0.25) is 0 Å². The van der Waals surface area contributed by atoms with Gasteiger partial charge in [-0.1, -0.05) is 0 Å². The predicted molar refractivity (Wildman–Crippen MR) is 70.5 cm³/mol. The second-order valence-corrected chi connectivity index (χ2v) is 5.31. The van der Waals surface area contributed by atoms with Crippen LogP contribution < -0.4 is 5.32 Å². The van der Waals surface area contributed by atoms with E-state index in [-0.39, 0.29) is 5.54 Å². The Hall–Kier alpha value is -1.75. The smallest absolute Gasteiger partial charge is 0.156 e. The summed E-state index contributed by atoms with van der Waals surface area (Å²) in [5.41, 5.74) is 1.02. The maximum absolute atomic E-state index is 4.41. The zero-order valence-corrected chi connectivity index (χ0v) is 11.3. The van der Waals surface area contributed by atoms with E-state index in [1.165, 1.54) is 0 Å². The van der Waals surface area contributed by atoms with Crippen LogP contribution >= 0.6 is 0 Å². The topological polar surface area (TPSA) is 55.6 Å². The molecule has 5 nitrogen and oxygen atoms in total. The average Bonchev–Trinajstić information content (AvgIpc) is 2.73. The van der Waals surface area contributed by atoms with Gasteiger partial charge in [-0.05, 0) is 27.7 Å². The van der Waals surface area contributed by atoms with Gasteiger partial charge in [0.25, 0.3) is 0 Å². The molecule has 2 aromatic rings. The average molecular weight is 245 g/mol. The minimum Gasteiger partial charge on any atom is -0.306 e. The van der Waals surface area contributed by atoms with Gasteiger partial charge in [-0.3, -0.25) is 9.55 Å². The summed E-state index contributed by atoms with van der Waals surface area (Å²) in [6.07, 6.45) is 7.21. The highest BCUT2D eigenvalue weighted by Crippen LogP contribution is 2.07. The van der Waals surface area contributed by atoms with Crippen molar-refractivity contribution in [2.75, 3.05) is 0 Å².